The summed E-state index contributed by atoms with van der Waals surface area (Å²) in [5.74, 6) is -1.43. The molecule has 27 heavy (non-hydrogen) atoms. The summed E-state index contributed by atoms with van der Waals surface area (Å²) < 4.78 is 1.10. The molecule has 0 aliphatic heterocycles. The van der Waals surface area contributed by atoms with Crippen LogP contribution in [0, 0.1) is 0 Å². The fourth-order valence-corrected chi connectivity index (χ4v) is 4.67. The zero-order valence-corrected chi connectivity index (χ0v) is 16.1. The molecule has 4 aromatic rings. The SMILES string of the molecule is O=C(Nc1csc(-c2ccc(Cl)cc2)c1C(=O)O)c1ccc2sccc2c1. The zero-order chi connectivity index (χ0) is 19.0. The molecule has 0 radical (unpaired) electrons. The molecule has 4 nitrogen and oxygen atoms in total. The number of carboxylic acid groups (broad SMARTS) is 1. The Morgan fingerprint density at radius 2 is 1.78 bits per heavy atom. The summed E-state index contributed by atoms with van der Waals surface area (Å²) in [7, 11) is 0. The van der Waals surface area contributed by atoms with E-state index in [-0.39, 0.29) is 17.2 Å². The van der Waals surface area contributed by atoms with Crippen molar-refractivity contribution in [2.24, 2.45) is 0 Å². The van der Waals surface area contributed by atoms with Crippen molar-refractivity contribution in [3.05, 3.63) is 75.4 Å². The Balaban J connectivity index is 1.68. The lowest BCUT2D eigenvalue weighted by molar-refractivity contribution is 0.0699. The van der Waals surface area contributed by atoms with E-state index in [0.29, 0.717) is 15.5 Å². The Hall–Kier alpha value is -2.67. The third kappa shape index (κ3) is 3.47. The van der Waals surface area contributed by atoms with Crippen LogP contribution in [0.5, 0.6) is 0 Å². The fourth-order valence-electron chi connectivity index (χ4n) is 2.78. The molecule has 0 bridgehead atoms. The molecular weight excluding hydrogens is 402 g/mol. The number of fused-ring (bicyclic) bond motifs is 1. The van der Waals surface area contributed by atoms with Crippen molar-refractivity contribution >= 4 is 61.9 Å². The molecule has 0 aliphatic carbocycles. The second-order valence-electron chi connectivity index (χ2n) is 5.79. The number of carbonyl (C=O) groups excluding carboxylic acids is 1. The highest BCUT2D eigenvalue weighted by Crippen LogP contribution is 2.37. The van der Waals surface area contributed by atoms with E-state index in [1.807, 2.05) is 17.5 Å². The van der Waals surface area contributed by atoms with E-state index >= 15 is 0 Å². The van der Waals surface area contributed by atoms with Crippen molar-refractivity contribution in [3.8, 4) is 10.4 Å². The smallest absolute Gasteiger partial charge is 0.339 e. The van der Waals surface area contributed by atoms with Gasteiger partial charge >= 0.3 is 5.97 Å². The lowest BCUT2D eigenvalue weighted by Gasteiger charge is -2.07. The van der Waals surface area contributed by atoms with E-state index in [4.69, 9.17) is 11.6 Å². The van der Waals surface area contributed by atoms with Crippen molar-refractivity contribution in [1.29, 1.82) is 0 Å². The van der Waals surface area contributed by atoms with Crippen LogP contribution in [-0.2, 0) is 0 Å². The molecule has 2 aromatic carbocycles. The summed E-state index contributed by atoms with van der Waals surface area (Å²) in [4.78, 5) is 25.0. The Labute approximate surface area is 167 Å². The maximum Gasteiger partial charge on any atom is 0.339 e. The Bertz CT molecular complexity index is 1160. The van der Waals surface area contributed by atoms with E-state index in [2.05, 4.69) is 5.32 Å². The highest BCUT2D eigenvalue weighted by atomic mass is 35.5. The van der Waals surface area contributed by atoms with Gasteiger partial charge in [-0.15, -0.1) is 22.7 Å². The molecule has 1 amide bonds. The van der Waals surface area contributed by atoms with Crippen LogP contribution in [0.1, 0.15) is 20.7 Å². The van der Waals surface area contributed by atoms with E-state index in [1.54, 1.807) is 53.1 Å². The van der Waals surface area contributed by atoms with Gasteiger partial charge in [0.2, 0.25) is 0 Å². The van der Waals surface area contributed by atoms with Crippen molar-refractivity contribution in [2.45, 2.75) is 0 Å². The number of halogens is 1. The second-order valence-corrected chi connectivity index (χ2v) is 8.06. The Morgan fingerprint density at radius 1 is 1.00 bits per heavy atom. The van der Waals surface area contributed by atoms with Crippen LogP contribution in [-0.4, -0.2) is 17.0 Å². The van der Waals surface area contributed by atoms with Gasteiger partial charge in [-0.2, -0.15) is 0 Å². The van der Waals surface area contributed by atoms with Crippen LogP contribution >= 0.6 is 34.3 Å². The molecule has 0 atom stereocenters. The molecule has 2 N–H and O–H groups in total. The van der Waals surface area contributed by atoms with Gasteiger partial charge in [0.15, 0.2) is 0 Å². The van der Waals surface area contributed by atoms with Gasteiger partial charge in [0.05, 0.1) is 10.6 Å². The summed E-state index contributed by atoms with van der Waals surface area (Å²) in [5, 5.41) is 17.6. The lowest BCUT2D eigenvalue weighted by atomic mass is 10.1. The van der Waals surface area contributed by atoms with Crippen molar-refractivity contribution in [3.63, 3.8) is 0 Å². The number of thiophene rings is 2. The van der Waals surface area contributed by atoms with Crippen LogP contribution in [0.25, 0.3) is 20.5 Å². The molecule has 134 valence electrons. The molecule has 0 unspecified atom stereocenters. The topological polar surface area (TPSA) is 66.4 Å². The van der Waals surface area contributed by atoms with Crippen molar-refractivity contribution in [2.75, 3.05) is 5.32 Å². The maximum absolute atomic E-state index is 12.6. The average molecular weight is 414 g/mol. The molecule has 7 heteroatoms. The first-order valence-electron chi connectivity index (χ1n) is 7.92. The normalized spacial score (nSPS) is 10.9. The quantitative estimate of drug-likeness (QED) is 0.416. The molecule has 0 saturated heterocycles. The molecule has 4 rings (SSSR count). The number of nitrogens with one attached hydrogen (secondary N) is 1. The summed E-state index contributed by atoms with van der Waals surface area (Å²) in [6.45, 7) is 0. The van der Waals surface area contributed by atoms with Crippen LogP contribution in [0.4, 0.5) is 5.69 Å². The van der Waals surface area contributed by atoms with Crippen LogP contribution < -0.4 is 5.32 Å². The molecule has 0 saturated carbocycles. The molecule has 2 heterocycles. The lowest BCUT2D eigenvalue weighted by Crippen LogP contribution is -2.13. The number of anilines is 1. The van der Waals surface area contributed by atoms with Gasteiger partial charge in [-0.05, 0) is 52.7 Å². The van der Waals surface area contributed by atoms with E-state index in [0.717, 1.165) is 15.6 Å². The number of hydrogen-bond donors (Lipinski definition) is 2. The monoisotopic (exact) mass is 413 g/mol. The fraction of sp³-hybridized carbons (Fsp3) is 0. The number of aromatic carboxylic acids is 1. The predicted octanol–water partition coefficient (Wildman–Crippen LogP) is 6.23. The maximum atomic E-state index is 12.6. The number of rotatable bonds is 4. The van der Waals surface area contributed by atoms with Gasteiger partial charge in [0, 0.05) is 20.7 Å². The number of benzene rings is 2. The highest BCUT2D eigenvalue weighted by Gasteiger charge is 2.21. The van der Waals surface area contributed by atoms with Gasteiger partial charge in [-0.3, -0.25) is 4.79 Å². The first-order chi connectivity index (χ1) is 13.0. The predicted molar refractivity (Wildman–Crippen MR) is 112 cm³/mol. The van der Waals surface area contributed by atoms with Gasteiger partial charge in [0.1, 0.15) is 5.56 Å². The Morgan fingerprint density at radius 3 is 2.52 bits per heavy atom. The first kappa shape index (κ1) is 17.7. The number of amides is 1. The minimum atomic E-state index is -1.09. The van der Waals surface area contributed by atoms with Gasteiger partial charge in [-0.25, -0.2) is 4.79 Å². The third-order valence-corrected chi connectivity index (χ3v) is 6.25. The molecular formula is C20H12ClNO3S2. The largest absolute Gasteiger partial charge is 0.478 e. The zero-order valence-electron chi connectivity index (χ0n) is 13.7. The van der Waals surface area contributed by atoms with E-state index in [9.17, 15) is 14.7 Å². The molecule has 0 aliphatic rings. The minimum absolute atomic E-state index is 0.0762. The van der Waals surface area contributed by atoms with Crippen LogP contribution in [0.15, 0.2) is 59.3 Å². The molecule has 0 fully saturated rings. The standard InChI is InChI=1S/C20H12ClNO3S2/c21-14-4-1-11(2-5-14)18-17(20(24)25)15(10-27-18)22-19(23)13-3-6-16-12(9-13)7-8-26-16/h1-10H,(H,22,23)(H,24,25). The van der Waals surface area contributed by atoms with Gasteiger partial charge in [-0.1, -0.05) is 23.7 Å². The summed E-state index contributed by atoms with van der Waals surface area (Å²) in [6, 6.07) is 14.3. The minimum Gasteiger partial charge on any atom is -0.478 e. The van der Waals surface area contributed by atoms with Gasteiger partial charge < -0.3 is 10.4 Å². The second kappa shape index (κ2) is 7.15. The van der Waals surface area contributed by atoms with Gasteiger partial charge in [0.25, 0.3) is 5.91 Å². The number of hydrogen-bond acceptors (Lipinski definition) is 4. The van der Waals surface area contributed by atoms with Crippen LogP contribution in [0.3, 0.4) is 0 Å². The van der Waals surface area contributed by atoms with E-state index in [1.165, 1.54) is 11.3 Å². The molecule has 0 spiro atoms. The Kier molecular flexibility index (Phi) is 4.70. The summed E-state index contributed by atoms with van der Waals surface area (Å²) >= 11 is 8.78. The summed E-state index contributed by atoms with van der Waals surface area (Å²) in [5.41, 5.74) is 1.58. The molecule has 2 aromatic heterocycles. The number of carbonyl (C=O) groups is 2. The van der Waals surface area contributed by atoms with E-state index < -0.39 is 5.97 Å². The van der Waals surface area contributed by atoms with Crippen LogP contribution in [0.2, 0.25) is 5.02 Å². The average Bonchev–Trinajstić information content (AvgIpc) is 3.28. The number of carboxylic acids is 1. The first-order valence-corrected chi connectivity index (χ1v) is 10.1. The highest BCUT2D eigenvalue weighted by molar-refractivity contribution is 7.17. The van der Waals surface area contributed by atoms with Crippen molar-refractivity contribution < 1.29 is 14.7 Å². The summed E-state index contributed by atoms with van der Waals surface area (Å²) in [6.07, 6.45) is 0. The van der Waals surface area contributed by atoms with Crippen molar-refractivity contribution in [1.82, 2.24) is 0 Å². The third-order valence-electron chi connectivity index (χ3n) is 4.07.